The molecule has 1 N–H and O–H groups in total. The Bertz CT molecular complexity index is 629. The van der Waals surface area contributed by atoms with Crippen LogP contribution in [0.15, 0.2) is 23.1 Å². The molecule has 0 bridgehead atoms. The molecule has 1 aliphatic carbocycles. The highest BCUT2D eigenvalue weighted by Crippen LogP contribution is 2.38. The molecule has 0 heterocycles. The van der Waals surface area contributed by atoms with Crippen LogP contribution in [0.5, 0.6) is 0 Å². The van der Waals surface area contributed by atoms with Gasteiger partial charge < -0.3 is 0 Å². The first-order valence-electron chi connectivity index (χ1n) is 7.06. The fourth-order valence-electron chi connectivity index (χ4n) is 3.40. The Labute approximate surface area is 124 Å². The van der Waals surface area contributed by atoms with E-state index in [0.29, 0.717) is 18.8 Å². The molecular formula is C15H21F2NO2S. The van der Waals surface area contributed by atoms with Crippen LogP contribution in [0, 0.1) is 23.0 Å². The lowest BCUT2D eigenvalue weighted by molar-refractivity contribution is 0.163. The predicted molar refractivity (Wildman–Crippen MR) is 77.3 cm³/mol. The van der Waals surface area contributed by atoms with Crippen LogP contribution in [-0.2, 0) is 10.0 Å². The van der Waals surface area contributed by atoms with Gasteiger partial charge in [-0.3, -0.25) is 0 Å². The summed E-state index contributed by atoms with van der Waals surface area (Å²) < 4.78 is 53.9. The summed E-state index contributed by atoms with van der Waals surface area (Å²) in [6, 6.07) is 2.20. The zero-order valence-electron chi connectivity index (χ0n) is 12.5. The van der Waals surface area contributed by atoms with Crippen LogP contribution < -0.4 is 4.72 Å². The van der Waals surface area contributed by atoms with E-state index in [0.717, 1.165) is 24.6 Å². The van der Waals surface area contributed by atoms with E-state index in [1.165, 1.54) is 0 Å². The number of hydrogen-bond acceptors (Lipinski definition) is 2. The number of benzene rings is 1. The third kappa shape index (κ3) is 4.01. The summed E-state index contributed by atoms with van der Waals surface area (Å²) in [6.45, 7) is 6.25. The van der Waals surface area contributed by atoms with E-state index in [1.807, 2.05) is 0 Å². The average Bonchev–Trinajstić information content (AvgIpc) is 2.28. The quantitative estimate of drug-likeness (QED) is 0.928. The summed E-state index contributed by atoms with van der Waals surface area (Å²) in [6.07, 6.45) is 2.42. The molecule has 2 rings (SSSR count). The number of sulfonamides is 1. The Kier molecular flexibility index (Phi) is 4.40. The van der Waals surface area contributed by atoms with Gasteiger partial charge >= 0.3 is 0 Å². The van der Waals surface area contributed by atoms with E-state index in [-0.39, 0.29) is 11.5 Å². The van der Waals surface area contributed by atoms with Gasteiger partial charge in [0.2, 0.25) is 10.0 Å². The molecule has 1 saturated carbocycles. The van der Waals surface area contributed by atoms with Crippen LogP contribution >= 0.6 is 0 Å². The molecule has 6 heteroatoms. The fourth-order valence-corrected chi connectivity index (χ4v) is 4.74. The molecule has 0 aromatic heterocycles. The first-order valence-corrected chi connectivity index (χ1v) is 8.55. The summed E-state index contributed by atoms with van der Waals surface area (Å²) in [5.41, 5.74) is 0.0331. The number of nitrogens with one attached hydrogen (secondary N) is 1. The van der Waals surface area contributed by atoms with Crippen molar-refractivity contribution in [1.82, 2.24) is 4.72 Å². The molecule has 1 aromatic rings. The van der Waals surface area contributed by atoms with Gasteiger partial charge in [0, 0.05) is 6.04 Å². The zero-order valence-corrected chi connectivity index (χ0v) is 13.3. The molecule has 1 fully saturated rings. The number of halogens is 2. The van der Waals surface area contributed by atoms with Gasteiger partial charge in [-0.1, -0.05) is 20.8 Å². The maximum absolute atomic E-state index is 13.7. The van der Waals surface area contributed by atoms with Crippen LogP contribution in [0.2, 0.25) is 0 Å². The maximum Gasteiger partial charge on any atom is 0.243 e. The lowest BCUT2D eigenvalue weighted by Gasteiger charge is -2.39. The fraction of sp³-hybridized carbons (Fsp3) is 0.600. The molecule has 21 heavy (non-hydrogen) atoms. The molecule has 3 nitrogen and oxygen atoms in total. The molecule has 0 radical (unpaired) electrons. The van der Waals surface area contributed by atoms with E-state index in [1.54, 1.807) is 0 Å². The zero-order chi connectivity index (χ0) is 15.8. The topological polar surface area (TPSA) is 46.2 Å². The van der Waals surface area contributed by atoms with Crippen molar-refractivity contribution in [3.8, 4) is 0 Å². The molecule has 0 amide bonds. The molecule has 0 aliphatic heterocycles. The Morgan fingerprint density at radius 2 is 1.90 bits per heavy atom. The second-order valence-corrected chi connectivity index (χ2v) is 8.49. The van der Waals surface area contributed by atoms with E-state index < -0.39 is 26.6 Å². The minimum atomic E-state index is -4.05. The molecular weight excluding hydrogens is 296 g/mol. The number of rotatable bonds is 3. The average molecular weight is 317 g/mol. The molecule has 1 aromatic carbocycles. The summed E-state index contributed by atoms with van der Waals surface area (Å²) in [5, 5.41) is 0. The van der Waals surface area contributed by atoms with Crippen molar-refractivity contribution >= 4 is 10.0 Å². The van der Waals surface area contributed by atoms with Gasteiger partial charge in [-0.25, -0.2) is 21.9 Å². The van der Waals surface area contributed by atoms with Crippen molar-refractivity contribution in [3.05, 3.63) is 29.8 Å². The second-order valence-electron chi connectivity index (χ2n) is 6.81. The van der Waals surface area contributed by atoms with Crippen molar-refractivity contribution in [2.75, 3.05) is 0 Å². The predicted octanol–water partition coefficient (Wildman–Crippen LogP) is 3.46. The van der Waals surface area contributed by atoms with Crippen LogP contribution in [0.25, 0.3) is 0 Å². The van der Waals surface area contributed by atoms with E-state index in [2.05, 4.69) is 25.5 Å². The summed E-state index contributed by atoms with van der Waals surface area (Å²) in [4.78, 5) is -0.626. The maximum atomic E-state index is 13.7. The molecule has 0 saturated heterocycles. The normalized spacial score (nSPS) is 25.8. The highest BCUT2D eigenvalue weighted by molar-refractivity contribution is 7.89. The monoisotopic (exact) mass is 317 g/mol. The third-order valence-electron chi connectivity index (χ3n) is 3.89. The van der Waals surface area contributed by atoms with Gasteiger partial charge in [-0.15, -0.1) is 0 Å². The van der Waals surface area contributed by atoms with Gasteiger partial charge in [0.1, 0.15) is 16.5 Å². The summed E-state index contributed by atoms with van der Waals surface area (Å²) in [5.74, 6) is -1.32. The Balaban J connectivity index is 2.23. The van der Waals surface area contributed by atoms with E-state index in [4.69, 9.17) is 0 Å². The van der Waals surface area contributed by atoms with Crippen LogP contribution in [0.3, 0.4) is 0 Å². The standard InChI is InChI=1S/C15H21F2NO2S/c1-10-6-12(9-15(2,3)8-10)18-21(19,20)14-7-11(16)4-5-13(14)17/h4-5,7,10,12,18H,6,8-9H2,1-3H3. The minimum absolute atomic E-state index is 0.0331. The Morgan fingerprint density at radius 3 is 2.52 bits per heavy atom. The molecule has 118 valence electrons. The van der Waals surface area contributed by atoms with Gasteiger partial charge in [0.15, 0.2) is 0 Å². The van der Waals surface area contributed by atoms with Crippen LogP contribution in [-0.4, -0.2) is 14.5 Å². The van der Waals surface area contributed by atoms with Gasteiger partial charge in [0.05, 0.1) is 0 Å². The lowest BCUT2D eigenvalue weighted by Crippen LogP contribution is -2.43. The van der Waals surface area contributed by atoms with Crippen molar-refractivity contribution in [1.29, 1.82) is 0 Å². The van der Waals surface area contributed by atoms with E-state index >= 15 is 0 Å². The highest BCUT2D eigenvalue weighted by atomic mass is 32.2. The van der Waals surface area contributed by atoms with Crippen LogP contribution in [0.1, 0.15) is 40.0 Å². The van der Waals surface area contributed by atoms with Gasteiger partial charge in [-0.2, -0.15) is 0 Å². The summed E-state index contributed by atoms with van der Waals surface area (Å²) >= 11 is 0. The molecule has 2 unspecified atom stereocenters. The second kappa shape index (κ2) is 5.65. The van der Waals surface area contributed by atoms with Crippen LogP contribution in [0.4, 0.5) is 8.78 Å². The Morgan fingerprint density at radius 1 is 1.24 bits per heavy atom. The third-order valence-corrected chi connectivity index (χ3v) is 5.43. The first kappa shape index (κ1) is 16.4. The summed E-state index contributed by atoms with van der Waals surface area (Å²) in [7, 11) is -4.05. The lowest BCUT2D eigenvalue weighted by atomic mass is 9.71. The largest absolute Gasteiger partial charge is 0.243 e. The van der Waals surface area contributed by atoms with Gasteiger partial charge in [0.25, 0.3) is 0 Å². The van der Waals surface area contributed by atoms with E-state index in [9.17, 15) is 17.2 Å². The van der Waals surface area contributed by atoms with Gasteiger partial charge in [-0.05, 0) is 48.8 Å². The van der Waals surface area contributed by atoms with Crippen molar-refractivity contribution in [2.45, 2.75) is 51.0 Å². The Hall–Kier alpha value is -1.01. The van der Waals surface area contributed by atoms with Crippen molar-refractivity contribution in [3.63, 3.8) is 0 Å². The minimum Gasteiger partial charge on any atom is -0.208 e. The smallest absolute Gasteiger partial charge is 0.208 e. The SMILES string of the molecule is CC1CC(NS(=O)(=O)c2cc(F)ccc2F)CC(C)(C)C1. The highest BCUT2D eigenvalue weighted by Gasteiger charge is 2.34. The first-order chi connectivity index (χ1) is 9.59. The number of hydrogen-bond donors (Lipinski definition) is 1. The van der Waals surface area contributed by atoms with Crippen molar-refractivity contribution < 1.29 is 17.2 Å². The molecule has 2 atom stereocenters. The van der Waals surface area contributed by atoms with Crippen molar-refractivity contribution in [2.24, 2.45) is 11.3 Å². The molecule has 1 aliphatic rings. The molecule has 0 spiro atoms.